The van der Waals surface area contributed by atoms with Crippen molar-refractivity contribution in [2.45, 2.75) is 39.2 Å². The van der Waals surface area contributed by atoms with E-state index in [9.17, 15) is 4.79 Å². The summed E-state index contributed by atoms with van der Waals surface area (Å²) in [5.41, 5.74) is 10.2. The molecule has 1 aromatic heterocycles. The molecule has 1 amide bonds. The normalized spacial score (nSPS) is 15.4. The maximum absolute atomic E-state index is 12.0. The Bertz CT molecular complexity index is 677. The van der Waals surface area contributed by atoms with Gasteiger partial charge < -0.3 is 15.5 Å². The van der Waals surface area contributed by atoms with Crippen LogP contribution in [0.5, 0.6) is 0 Å². The third kappa shape index (κ3) is 3.62. The number of amides is 1. The number of aryl methyl sites for hydroxylation is 2. The van der Waals surface area contributed by atoms with E-state index >= 15 is 0 Å². The lowest BCUT2D eigenvalue weighted by atomic mass is 10.0. The van der Waals surface area contributed by atoms with Gasteiger partial charge in [-0.2, -0.15) is 0 Å². The standard InChI is InChI=1S/C17H22N2O2.ClH/c1-10-5-14-13(9-21-16(14)6-11(10)2)7-17(20)19-8-15(18)12-3-4-12;/h5-6,9,12,15H,3-4,7-8,18H2,1-2H3,(H,19,20);1H. The van der Waals surface area contributed by atoms with Crippen molar-refractivity contribution in [3.8, 4) is 0 Å². The van der Waals surface area contributed by atoms with Crippen molar-refractivity contribution in [2.75, 3.05) is 6.54 Å². The molecule has 0 aliphatic heterocycles. The first kappa shape index (κ1) is 16.8. The SMILES string of the molecule is Cc1cc2occ(CC(=O)NCC(N)C3CC3)c2cc1C.Cl. The second kappa shape index (κ2) is 6.71. The minimum atomic E-state index is 0. The van der Waals surface area contributed by atoms with Gasteiger partial charge in [0, 0.05) is 23.5 Å². The second-order valence-electron chi connectivity index (χ2n) is 6.18. The van der Waals surface area contributed by atoms with E-state index in [1.807, 2.05) is 6.07 Å². The van der Waals surface area contributed by atoms with E-state index in [-0.39, 0.29) is 24.4 Å². The number of nitrogens with one attached hydrogen (secondary N) is 1. The van der Waals surface area contributed by atoms with Gasteiger partial charge in [-0.25, -0.2) is 0 Å². The molecule has 22 heavy (non-hydrogen) atoms. The van der Waals surface area contributed by atoms with E-state index in [2.05, 4.69) is 25.2 Å². The zero-order valence-electron chi connectivity index (χ0n) is 13.0. The van der Waals surface area contributed by atoms with E-state index in [1.54, 1.807) is 6.26 Å². The van der Waals surface area contributed by atoms with Crippen LogP contribution >= 0.6 is 12.4 Å². The predicted molar refractivity (Wildman–Crippen MR) is 90.3 cm³/mol. The molecule has 0 spiro atoms. The van der Waals surface area contributed by atoms with E-state index < -0.39 is 0 Å². The van der Waals surface area contributed by atoms with Gasteiger partial charge in [0.15, 0.2) is 0 Å². The van der Waals surface area contributed by atoms with Crippen molar-refractivity contribution in [3.63, 3.8) is 0 Å². The summed E-state index contributed by atoms with van der Waals surface area (Å²) in [5.74, 6) is 0.609. The van der Waals surface area contributed by atoms with Crippen LogP contribution in [0.15, 0.2) is 22.8 Å². The Balaban J connectivity index is 0.00000176. The molecule has 4 nitrogen and oxygen atoms in total. The number of carbonyl (C=O) groups is 1. The zero-order chi connectivity index (χ0) is 15.0. The van der Waals surface area contributed by atoms with Gasteiger partial charge in [0.1, 0.15) is 5.58 Å². The van der Waals surface area contributed by atoms with Crippen LogP contribution in [-0.4, -0.2) is 18.5 Å². The Hall–Kier alpha value is -1.52. The van der Waals surface area contributed by atoms with Crippen molar-refractivity contribution in [1.29, 1.82) is 0 Å². The molecule has 1 aromatic carbocycles. The van der Waals surface area contributed by atoms with Crippen LogP contribution in [0.2, 0.25) is 0 Å². The van der Waals surface area contributed by atoms with Gasteiger partial charge in [0.2, 0.25) is 5.91 Å². The van der Waals surface area contributed by atoms with Gasteiger partial charge in [-0.3, -0.25) is 4.79 Å². The Labute approximate surface area is 136 Å². The maximum atomic E-state index is 12.0. The summed E-state index contributed by atoms with van der Waals surface area (Å²) in [6, 6.07) is 4.21. The molecule has 1 aliphatic rings. The van der Waals surface area contributed by atoms with Crippen LogP contribution in [0, 0.1) is 19.8 Å². The molecule has 5 heteroatoms. The van der Waals surface area contributed by atoms with Crippen LogP contribution in [0.4, 0.5) is 0 Å². The molecule has 1 fully saturated rings. The summed E-state index contributed by atoms with van der Waals surface area (Å²) in [5, 5.41) is 3.95. The molecule has 3 rings (SSSR count). The lowest BCUT2D eigenvalue weighted by Crippen LogP contribution is -2.39. The fourth-order valence-corrected chi connectivity index (χ4v) is 2.63. The molecule has 1 saturated carbocycles. The summed E-state index contributed by atoms with van der Waals surface area (Å²) in [4.78, 5) is 12.0. The van der Waals surface area contributed by atoms with Crippen molar-refractivity contribution < 1.29 is 9.21 Å². The van der Waals surface area contributed by atoms with Crippen LogP contribution in [0.25, 0.3) is 11.0 Å². The fourth-order valence-electron chi connectivity index (χ4n) is 2.63. The number of fused-ring (bicyclic) bond motifs is 1. The van der Waals surface area contributed by atoms with Crippen molar-refractivity contribution in [1.82, 2.24) is 5.32 Å². The fraction of sp³-hybridized carbons (Fsp3) is 0.471. The number of carbonyl (C=O) groups excluding carboxylic acids is 1. The van der Waals surface area contributed by atoms with E-state index in [0.29, 0.717) is 18.9 Å². The summed E-state index contributed by atoms with van der Waals surface area (Å²) in [7, 11) is 0. The molecule has 1 heterocycles. The number of benzene rings is 1. The quantitative estimate of drug-likeness (QED) is 0.889. The van der Waals surface area contributed by atoms with Gasteiger partial charge in [-0.05, 0) is 55.9 Å². The third-order valence-electron chi connectivity index (χ3n) is 4.38. The first-order valence-corrected chi connectivity index (χ1v) is 7.54. The Morgan fingerprint density at radius 3 is 2.73 bits per heavy atom. The maximum Gasteiger partial charge on any atom is 0.224 e. The third-order valence-corrected chi connectivity index (χ3v) is 4.38. The molecule has 3 N–H and O–H groups in total. The Morgan fingerprint density at radius 2 is 2.05 bits per heavy atom. The summed E-state index contributed by atoms with van der Waals surface area (Å²) >= 11 is 0. The highest BCUT2D eigenvalue weighted by Crippen LogP contribution is 2.31. The van der Waals surface area contributed by atoms with Crippen LogP contribution in [0.3, 0.4) is 0 Å². The van der Waals surface area contributed by atoms with Crippen LogP contribution in [0.1, 0.15) is 29.5 Å². The molecule has 120 valence electrons. The minimum Gasteiger partial charge on any atom is -0.464 e. The summed E-state index contributed by atoms with van der Waals surface area (Å²) in [6.45, 7) is 4.70. The van der Waals surface area contributed by atoms with Crippen molar-refractivity contribution in [3.05, 3.63) is 35.1 Å². The highest BCUT2D eigenvalue weighted by molar-refractivity contribution is 5.88. The van der Waals surface area contributed by atoms with Crippen LogP contribution < -0.4 is 11.1 Å². The number of halogens is 1. The average Bonchev–Trinajstić information content (AvgIpc) is 3.23. The number of hydrogen-bond acceptors (Lipinski definition) is 3. The highest BCUT2D eigenvalue weighted by Gasteiger charge is 2.28. The molecule has 0 radical (unpaired) electrons. The summed E-state index contributed by atoms with van der Waals surface area (Å²) < 4.78 is 5.55. The Kier molecular flexibility index (Phi) is 5.14. The number of rotatable bonds is 5. The van der Waals surface area contributed by atoms with E-state index in [0.717, 1.165) is 16.5 Å². The van der Waals surface area contributed by atoms with Crippen molar-refractivity contribution >= 4 is 29.3 Å². The monoisotopic (exact) mass is 322 g/mol. The van der Waals surface area contributed by atoms with E-state index in [4.69, 9.17) is 10.2 Å². The number of furan rings is 1. The largest absolute Gasteiger partial charge is 0.464 e. The topological polar surface area (TPSA) is 68.3 Å². The first-order chi connectivity index (χ1) is 10.0. The smallest absolute Gasteiger partial charge is 0.224 e. The molecule has 1 unspecified atom stereocenters. The molecule has 2 aromatic rings. The van der Waals surface area contributed by atoms with Gasteiger partial charge in [0.05, 0.1) is 12.7 Å². The Morgan fingerprint density at radius 1 is 1.36 bits per heavy atom. The summed E-state index contributed by atoms with van der Waals surface area (Å²) in [6.07, 6.45) is 4.42. The number of nitrogens with two attached hydrogens (primary N) is 1. The molecule has 1 aliphatic carbocycles. The lowest BCUT2D eigenvalue weighted by molar-refractivity contribution is -0.120. The minimum absolute atomic E-state index is 0. The second-order valence-corrected chi connectivity index (χ2v) is 6.18. The molecular formula is C17H23ClN2O2. The molecule has 0 bridgehead atoms. The van der Waals surface area contributed by atoms with Gasteiger partial charge >= 0.3 is 0 Å². The lowest BCUT2D eigenvalue weighted by Gasteiger charge is -2.11. The van der Waals surface area contributed by atoms with Crippen LogP contribution in [-0.2, 0) is 11.2 Å². The molecule has 1 atom stereocenters. The molecule has 0 saturated heterocycles. The highest BCUT2D eigenvalue weighted by atomic mass is 35.5. The number of hydrogen-bond donors (Lipinski definition) is 2. The zero-order valence-corrected chi connectivity index (χ0v) is 13.8. The molecular weight excluding hydrogens is 300 g/mol. The van der Waals surface area contributed by atoms with E-state index in [1.165, 1.54) is 24.0 Å². The van der Waals surface area contributed by atoms with Gasteiger partial charge in [-0.1, -0.05) is 0 Å². The first-order valence-electron chi connectivity index (χ1n) is 7.54. The van der Waals surface area contributed by atoms with Gasteiger partial charge in [-0.15, -0.1) is 12.4 Å². The van der Waals surface area contributed by atoms with Gasteiger partial charge in [0.25, 0.3) is 0 Å². The van der Waals surface area contributed by atoms with Crippen molar-refractivity contribution in [2.24, 2.45) is 11.7 Å². The predicted octanol–water partition coefficient (Wildman–Crippen LogP) is 2.87. The average molecular weight is 323 g/mol.